The first kappa shape index (κ1) is 21.5. The van der Waals surface area contributed by atoms with Gasteiger partial charge in [-0.2, -0.15) is 0 Å². The number of likely N-dealkylation sites (tertiary alicyclic amines) is 1. The SMILES string of the molecule is CC[C@@H]1CCCCN1C(=O)CCCN1C(=O)/C(=C/c2cccc(Br)c2)SC1=S. The maximum absolute atomic E-state index is 12.7. The smallest absolute Gasteiger partial charge is 0.266 e. The minimum absolute atomic E-state index is 0.0631. The van der Waals surface area contributed by atoms with Crippen LogP contribution in [-0.2, 0) is 9.59 Å². The molecule has 28 heavy (non-hydrogen) atoms. The van der Waals surface area contributed by atoms with E-state index in [0.717, 1.165) is 35.8 Å². The number of halogens is 1. The molecule has 0 spiro atoms. The van der Waals surface area contributed by atoms with E-state index in [9.17, 15) is 9.59 Å². The summed E-state index contributed by atoms with van der Waals surface area (Å²) < 4.78 is 1.54. The lowest BCUT2D eigenvalue weighted by atomic mass is 9.99. The molecule has 150 valence electrons. The van der Waals surface area contributed by atoms with Crippen molar-refractivity contribution in [1.82, 2.24) is 9.80 Å². The van der Waals surface area contributed by atoms with Crippen LogP contribution in [0.25, 0.3) is 6.08 Å². The van der Waals surface area contributed by atoms with Crippen LogP contribution in [0.1, 0.15) is 51.0 Å². The number of hydrogen-bond acceptors (Lipinski definition) is 4. The Morgan fingerprint density at radius 2 is 2.21 bits per heavy atom. The van der Waals surface area contributed by atoms with Crippen molar-refractivity contribution in [2.45, 2.75) is 51.5 Å². The van der Waals surface area contributed by atoms with Gasteiger partial charge in [0.15, 0.2) is 0 Å². The van der Waals surface area contributed by atoms with Gasteiger partial charge in [-0.25, -0.2) is 0 Å². The molecule has 3 rings (SSSR count). The van der Waals surface area contributed by atoms with Crippen LogP contribution < -0.4 is 0 Å². The van der Waals surface area contributed by atoms with Crippen molar-refractivity contribution in [1.29, 1.82) is 0 Å². The lowest BCUT2D eigenvalue weighted by Crippen LogP contribution is -2.43. The van der Waals surface area contributed by atoms with Crippen LogP contribution in [0, 0.1) is 0 Å². The van der Waals surface area contributed by atoms with E-state index in [2.05, 4.69) is 22.9 Å². The number of rotatable bonds is 6. The van der Waals surface area contributed by atoms with Gasteiger partial charge in [0.25, 0.3) is 5.91 Å². The molecule has 0 aliphatic carbocycles. The molecule has 0 aromatic heterocycles. The molecule has 2 aliphatic rings. The first-order chi connectivity index (χ1) is 13.5. The van der Waals surface area contributed by atoms with Crippen molar-refractivity contribution in [2.75, 3.05) is 13.1 Å². The second kappa shape index (κ2) is 10.0. The second-order valence-electron chi connectivity index (χ2n) is 7.14. The Balaban J connectivity index is 1.55. The molecule has 2 saturated heterocycles. The number of thiocarbonyl (C=S) groups is 1. The highest BCUT2D eigenvalue weighted by molar-refractivity contribution is 9.10. The summed E-state index contributed by atoms with van der Waals surface area (Å²) in [5.74, 6) is 0.147. The first-order valence-electron chi connectivity index (χ1n) is 9.80. The van der Waals surface area contributed by atoms with E-state index in [0.29, 0.717) is 34.7 Å². The highest BCUT2D eigenvalue weighted by Gasteiger charge is 2.32. The predicted molar refractivity (Wildman–Crippen MR) is 123 cm³/mol. The molecule has 0 radical (unpaired) electrons. The van der Waals surface area contributed by atoms with Crippen LogP contribution in [0.3, 0.4) is 0 Å². The number of nitrogens with zero attached hydrogens (tertiary/aromatic N) is 2. The minimum Gasteiger partial charge on any atom is -0.340 e. The second-order valence-corrected chi connectivity index (χ2v) is 9.73. The molecule has 1 atom stereocenters. The van der Waals surface area contributed by atoms with Gasteiger partial charge in [-0.3, -0.25) is 14.5 Å². The van der Waals surface area contributed by atoms with E-state index in [4.69, 9.17) is 12.2 Å². The molecular formula is C21H25BrN2O2S2. The third-order valence-electron chi connectivity index (χ3n) is 5.21. The highest BCUT2D eigenvalue weighted by Crippen LogP contribution is 2.33. The quantitative estimate of drug-likeness (QED) is 0.413. The lowest BCUT2D eigenvalue weighted by Gasteiger charge is -2.35. The Bertz CT molecular complexity index is 796. The average Bonchev–Trinajstić information content (AvgIpc) is 2.95. The topological polar surface area (TPSA) is 40.6 Å². The fourth-order valence-corrected chi connectivity index (χ4v) is 5.45. The fourth-order valence-electron chi connectivity index (χ4n) is 3.73. The largest absolute Gasteiger partial charge is 0.340 e. The Morgan fingerprint density at radius 3 is 2.96 bits per heavy atom. The van der Waals surface area contributed by atoms with Crippen molar-refractivity contribution >= 4 is 62.1 Å². The Morgan fingerprint density at radius 1 is 1.39 bits per heavy atom. The number of carbonyl (C=O) groups excluding carboxylic acids is 2. The van der Waals surface area contributed by atoms with E-state index in [1.165, 1.54) is 18.2 Å². The van der Waals surface area contributed by atoms with Gasteiger partial charge < -0.3 is 4.90 Å². The van der Waals surface area contributed by atoms with Gasteiger partial charge in [0, 0.05) is 30.0 Å². The molecule has 4 nitrogen and oxygen atoms in total. The summed E-state index contributed by atoms with van der Waals surface area (Å²) in [5.41, 5.74) is 0.959. The monoisotopic (exact) mass is 480 g/mol. The van der Waals surface area contributed by atoms with Crippen molar-refractivity contribution in [2.24, 2.45) is 0 Å². The summed E-state index contributed by atoms with van der Waals surface area (Å²) in [5, 5.41) is 0. The number of benzene rings is 1. The summed E-state index contributed by atoms with van der Waals surface area (Å²) in [6.07, 6.45) is 7.41. The minimum atomic E-state index is -0.0631. The molecular weight excluding hydrogens is 456 g/mol. The maximum Gasteiger partial charge on any atom is 0.266 e. The van der Waals surface area contributed by atoms with Crippen LogP contribution in [0.5, 0.6) is 0 Å². The summed E-state index contributed by atoms with van der Waals surface area (Å²) in [7, 11) is 0. The van der Waals surface area contributed by atoms with Gasteiger partial charge in [0.1, 0.15) is 4.32 Å². The standard InChI is InChI=1S/C21H25BrN2O2S2/c1-2-17-9-3-4-11-23(17)19(25)10-6-12-24-20(26)18(28-21(24)27)14-15-7-5-8-16(22)13-15/h5,7-8,13-14,17H,2-4,6,9-12H2,1H3/b18-14-/t17-/m1/s1. The fraction of sp³-hybridized carbons (Fsp3) is 0.476. The molecule has 1 aromatic carbocycles. The van der Waals surface area contributed by atoms with E-state index < -0.39 is 0 Å². The van der Waals surface area contributed by atoms with Crippen LogP contribution in [0.15, 0.2) is 33.6 Å². The van der Waals surface area contributed by atoms with Crippen molar-refractivity contribution in [3.05, 3.63) is 39.2 Å². The molecule has 2 fully saturated rings. The van der Waals surface area contributed by atoms with Crippen molar-refractivity contribution < 1.29 is 9.59 Å². The van der Waals surface area contributed by atoms with E-state index in [1.54, 1.807) is 4.90 Å². The van der Waals surface area contributed by atoms with E-state index in [1.807, 2.05) is 35.2 Å². The van der Waals surface area contributed by atoms with Crippen LogP contribution in [0.4, 0.5) is 0 Å². The van der Waals surface area contributed by atoms with Crippen LogP contribution in [0.2, 0.25) is 0 Å². The van der Waals surface area contributed by atoms with E-state index >= 15 is 0 Å². The molecule has 0 saturated carbocycles. The molecule has 2 aliphatic heterocycles. The van der Waals surface area contributed by atoms with Gasteiger partial charge in [0.2, 0.25) is 5.91 Å². The van der Waals surface area contributed by atoms with Crippen molar-refractivity contribution in [3.63, 3.8) is 0 Å². The average molecular weight is 481 g/mol. The number of thioether (sulfide) groups is 1. The molecule has 2 amide bonds. The molecule has 0 N–H and O–H groups in total. The number of carbonyl (C=O) groups is 2. The Hall–Kier alpha value is -1.18. The molecule has 0 unspecified atom stereocenters. The number of piperidine rings is 1. The Labute approximate surface area is 184 Å². The lowest BCUT2D eigenvalue weighted by molar-refractivity contribution is -0.135. The molecule has 2 heterocycles. The Kier molecular flexibility index (Phi) is 7.71. The first-order valence-corrected chi connectivity index (χ1v) is 11.8. The van der Waals surface area contributed by atoms with Gasteiger partial charge in [-0.1, -0.05) is 59.0 Å². The van der Waals surface area contributed by atoms with E-state index in [-0.39, 0.29) is 11.8 Å². The molecule has 0 bridgehead atoms. The van der Waals surface area contributed by atoms with Gasteiger partial charge in [-0.15, -0.1) is 0 Å². The summed E-state index contributed by atoms with van der Waals surface area (Å²) >= 11 is 10.2. The number of amides is 2. The summed E-state index contributed by atoms with van der Waals surface area (Å²) in [4.78, 5) is 29.6. The van der Waals surface area contributed by atoms with Gasteiger partial charge in [0.05, 0.1) is 4.91 Å². The highest BCUT2D eigenvalue weighted by atomic mass is 79.9. The van der Waals surface area contributed by atoms with Crippen LogP contribution in [-0.4, -0.2) is 45.1 Å². The zero-order chi connectivity index (χ0) is 20.1. The summed E-state index contributed by atoms with van der Waals surface area (Å²) in [6.45, 7) is 3.51. The third kappa shape index (κ3) is 5.24. The molecule has 1 aromatic rings. The van der Waals surface area contributed by atoms with Gasteiger partial charge >= 0.3 is 0 Å². The predicted octanol–water partition coefficient (Wildman–Crippen LogP) is 5.22. The van der Waals surface area contributed by atoms with Crippen molar-refractivity contribution in [3.8, 4) is 0 Å². The number of hydrogen-bond donors (Lipinski definition) is 0. The van der Waals surface area contributed by atoms with Gasteiger partial charge in [-0.05, 0) is 55.9 Å². The molecule has 7 heteroatoms. The van der Waals surface area contributed by atoms with Crippen LogP contribution >= 0.6 is 39.9 Å². The third-order valence-corrected chi connectivity index (χ3v) is 7.08. The summed E-state index contributed by atoms with van der Waals surface area (Å²) in [6, 6.07) is 8.19. The zero-order valence-electron chi connectivity index (χ0n) is 16.0. The zero-order valence-corrected chi connectivity index (χ0v) is 19.2. The normalized spacial score (nSPS) is 21.6. The maximum atomic E-state index is 12.7.